The van der Waals surface area contributed by atoms with Crippen LogP contribution >= 0.6 is 31.9 Å². The standard InChI is InChI=1S/C15H15Br2N/c1-10-13(3-2-4-14(10)17)15(18)9-11-5-7-12(16)8-6-11/h2-8,15H,9,18H2,1H3. The van der Waals surface area contributed by atoms with Crippen LogP contribution in [0.3, 0.4) is 0 Å². The quantitative estimate of drug-likeness (QED) is 0.830. The van der Waals surface area contributed by atoms with Gasteiger partial charge in [-0.2, -0.15) is 0 Å². The zero-order chi connectivity index (χ0) is 13.1. The zero-order valence-electron chi connectivity index (χ0n) is 10.2. The monoisotopic (exact) mass is 367 g/mol. The minimum Gasteiger partial charge on any atom is -0.324 e. The minimum atomic E-state index is 0.0312. The third kappa shape index (κ3) is 3.22. The van der Waals surface area contributed by atoms with Gasteiger partial charge in [-0.3, -0.25) is 0 Å². The van der Waals surface area contributed by atoms with Gasteiger partial charge < -0.3 is 5.73 Å². The smallest absolute Gasteiger partial charge is 0.0338 e. The lowest BCUT2D eigenvalue weighted by atomic mass is 9.96. The van der Waals surface area contributed by atoms with Crippen molar-refractivity contribution in [2.75, 3.05) is 0 Å². The summed E-state index contributed by atoms with van der Waals surface area (Å²) in [5.41, 5.74) is 9.98. The molecule has 0 amide bonds. The van der Waals surface area contributed by atoms with Crippen molar-refractivity contribution >= 4 is 31.9 Å². The first kappa shape index (κ1) is 13.8. The Kier molecular flexibility index (Phi) is 4.60. The predicted octanol–water partition coefficient (Wildman–Crippen LogP) is 4.76. The molecule has 0 aliphatic carbocycles. The molecule has 3 heteroatoms. The van der Waals surface area contributed by atoms with E-state index in [0.717, 1.165) is 15.4 Å². The molecule has 0 spiro atoms. The molecule has 2 aromatic carbocycles. The highest BCUT2D eigenvalue weighted by Gasteiger charge is 2.11. The predicted molar refractivity (Wildman–Crippen MR) is 83.7 cm³/mol. The first-order valence-electron chi connectivity index (χ1n) is 5.83. The molecule has 0 fully saturated rings. The van der Waals surface area contributed by atoms with Gasteiger partial charge in [-0.15, -0.1) is 0 Å². The molecule has 0 aliphatic heterocycles. The van der Waals surface area contributed by atoms with Gasteiger partial charge >= 0.3 is 0 Å². The Morgan fingerprint density at radius 3 is 2.39 bits per heavy atom. The van der Waals surface area contributed by atoms with Crippen LogP contribution < -0.4 is 5.73 Å². The maximum absolute atomic E-state index is 6.30. The van der Waals surface area contributed by atoms with E-state index in [2.05, 4.69) is 69.1 Å². The van der Waals surface area contributed by atoms with Gasteiger partial charge in [-0.1, -0.05) is 56.1 Å². The Morgan fingerprint density at radius 1 is 1.06 bits per heavy atom. The van der Waals surface area contributed by atoms with E-state index < -0.39 is 0 Å². The van der Waals surface area contributed by atoms with Crippen LogP contribution in [-0.2, 0) is 6.42 Å². The van der Waals surface area contributed by atoms with Gasteiger partial charge in [0, 0.05) is 15.0 Å². The van der Waals surface area contributed by atoms with E-state index in [4.69, 9.17) is 5.73 Å². The molecule has 0 heterocycles. The van der Waals surface area contributed by atoms with Gasteiger partial charge in [-0.05, 0) is 48.2 Å². The number of hydrogen-bond donors (Lipinski definition) is 1. The fraction of sp³-hybridized carbons (Fsp3) is 0.200. The summed E-state index contributed by atoms with van der Waals surface area (Å²) < 4.78 is 2.21. The molecule has 0 saturated carbocycles. The van der Waals surface area contributed by atoms with Crippen LogP contribution in [0.15, 0.2) is 51.4 Å². The van der Waals surface area contributed by atoms with E-state index in [1.165, 1.54) is 16.7 Å². The molecule has 1 nitrogen and oxygen atoms in total. The van der Waals surface area contributed by atoms with Crippen LogP contribution in [0.5, 0.6) is 0 Å². The van der Waals surface area contributed by atoms with Crippen LogP contribution in [0, 0.1) is 6.92 Å². The Hall–Kier alpha value is -0.640. The molecule has 0 bridgehead atoms. The molecule has 2 aromatic rings. The highest BCUT2D eigenvalue weighted by molar-refractivity contribution is 9.10. The maximum atomic E-state index is 6.30. The Balaban J connectivity index is 2.19. The summed E-state index contributed by atoms with van der Waals surface area (Å²) in [5.74, 6) is 0. The molecule has 0 aromatic heterocycles. The van der Waals surface area contributed by atoms with Crippen LogP contribution in [0.4, 0.5) is 0 Å². The molecular weight excluding hydrogens is 354 g/mol. The summed E-state index contributed by atoms with van der Waals surface area (Å²) in [7, 11) is 0. The van der Waals surface area contributed by atoms with E-state index >= 15 is 0 Å². The van der Waals surface area contributed by atoms with Crippen molar-refractivity contribution < 1.29 is 0 Å². The van der Waals surface area contributed by atoms with Crippen molar-refractivity contribution in [3.63, 3.8) is 0 Å². The SMILES string of the molecule is Cc1c(Br)cccc1C(N)Cc1ccc(Br)cc1. The lowest BCUT2D eigenvalue weighted by Gasteiger charge is -2.16. The van der Waals surface area contributed by atoms with Gasteiger partial charge in [-0.25, -0.2) is 0 Å². The Morgan fingerprint density at radius 2 is 1.72 bits per heavy atom. The molecule has 0 radical (unpaired) electrons. The number of hydrogen-bond acceptors (Lipinski definition) is 1. The largest absolute Gasteiger partial charge is 0.324 e. The second-order valence-corrected chi connectivity index (χ2v) is 6.16. The molecule has 0 saturated heterocycles. The maximum Gasteiger partial charge on any atom is 0.0338 e. The molecule has 1 atom stereocenters. The van der Waals surface area contributed by atoms with Crippen molar-refractivity contribution in [2.45, 2.75) is 19.4 Å². The number of halogens is 2. The highest BCUT2D eigenvalue weighted by atomic mass is 79.9. The lowest BCUT2D eigenvalue weighted by molar-refractivity contribution is 0.716. The fourth-order valence-corrected chi connectivity index (χ4v) is 2.66. The van der Waals surface area contributed by atoms with E-state index in [0.29, 0.717) is 0 Å². The van der Waals surface area contributed by atoms with Crippen molar-refractivity contribution in [3.8, 4) is 0 Å². The molecular formula is C15H15Br2N. The van der Waals surface area contributed by atoms with Crippen molar-refractivity contribution in [2.24, 2.45) is 5.73 Å². The highest BCUT2D eigenvalue weighted by Crippen LogP contribution is 2.25. The Bertz CT molecular complexity index is 535. The molecule has 18 heavy (non-hydrogen) atoms. The van der Waals surface area contributed by atoms with Gasteiger partial charge in [0.05, 0.1) is 0 Å². The molecule has 0 aliphatic rings. The van der Waals surface area contributed by atoms with E-state index in [9.17, 15) is 0 Å². The lowest BCUT2D eigenvalue weighted by Crippen LogP contribution is -2.14. The Labute approximate surface area is 125 Å². The average Bonchev–Trinajstić information content (AvgIpc) is 2.35. The van der Waals surface area contributed by atoms with E-state index in [-0.39, 0.29) is 6.04 Å². The summed E-state index contributed by atoms with van der Waals surface area (Å²) in [5, 5.41) is 0. The molecule has 2 rings (SSSR count). The molecule has 2 N–H and O–H groups in total. The van der Waals surface area contributed by atoms with E-state index in [1.807, 2.05) is 12.1 Å². The summed E-state index contributed by atoms with van der Waals surface area (Å²) >= 11 is 6.99. The zero-order valence-corrected chi connectivity index (χ0v) is 13.3. The van der Waals surface area contributed by atoms with Crippen molar-refractivity contribution in [1.29, 1.82) is 0 Å². The van der Waals surface area contributed by atoms with Crippen molar-refractivity contribution in [1.82, 2.24) is 0 Å². The van der Waals surface area contributed by atoms with Crippen molar-refractivity contribution in [3.05, 3.63) is 68.1 Å². The normalized spacial score (nSPS) is 12.4. The van der Waals surface area contributed by atoms with Crippen LogP contribution in [0.2, 0.25) is 0 Å². The van der Waals surface area contributed by atoms with Crippen LogP contribution in [0.1, 0.15) is 22.7 Å². The summed E-state index contributed by atoms with van der Waals surface area (Å²) in [6.45, 7) is 2.10. The number of rotatable bonds is 3. The summed E-state index contributed by atoms with van der Waals surface area (Å²) in [6, 6.07) is 14.5. The van der Waals surface area contributed by atoms with Gasteiger partial charge in [0.1, 0.15) is 0 Å². The first-order valence-corrected chi connectivity index (χ1v) is 7.41. The topological polar surface area (TPSA) is 26.0 Å². The molecule has 94 valence electrons. The summed E-state index contributed by atoms with van der Waals surface area (Å²) in [6.07, 6.45) is 0.852. The third-order valence-electron chi connectivity index (χ3n) is 3.08. The number of benzene rings is 2. The first-order chi connectivity index (χ1) is 8.58. The third-order valence-corrected chi connectivity index (χ3v) is 4.47. The second kappa shape index (κ2) is 6.00. The second-order valence-electron chi connectivity index (χ2n) is 4.39. The molecule has 1 unspecified atom stereocenters. The van der Waals surface area contributed by atoms with E-state index in [1.54, 1.807) is 0 Å². The summed E-state index contributed by atoms with van der Waals surface area (Å²) in [4.78, 5) is 0. The van der Waals surface area contributed by atoms with Gasteiger partial charge in [0.25, 0.3) is 0 Å². The van der Waals surface area contributed by atoms with Crippen LogP contribution in [0.25, 0.3) is 0 Å². The minimum absolute atomic E-state index is 0.0312. The van der Waals surface area contributed by atoms with Gasteiger partial charge in [0.2, 0.25) is 0 Å². The van der Waals surface area contributed by atoms with Gasteiger partial charge in [0.15, 0.2) is 0 Å². The average molecular weight is 369 g/mol. The number of nitrogens with two attached hydrogens (primary N) is 1. The van der Waals surface area contributed by atoms with Crippen LogP contribution in [-0.4, -0.2) is 0 Å². The fourth-order valence-electron chi connectivity index (χ4n) is 2.01.